The van der Waals surface area contributed by atoms with Gasteiger partial charge in [0.2, 0.25) is 0 Å². The summed E-state index contributed by atoms with van der Waals surface area (Å²) in [5.74, 6) is -0.292. The molecule has 0 unspecified atom stereocenters. The van der Waals surface area contributed by atoms with E-state index < -0.39 is 11.1 Å². The lowest BCUT2D eigenvalue weighted by atomic mass is 9.86. The van der Waals surface area contributed by atoms with Crippen LogP contribution >= 0.6 is 0 Å². The summed E-state index contributed by atoms with van der Waals surface area (Å²) in [7, 11) is 1.37. The molecule has 0 atom stereocenters. The first-order chi connectivity index (χ1) is 11.2. The molecule has 1 aliphatic rings. The molecule has 24 heavy (non-hydrogen) atoms. The summed E-state index contributed by atoms with van der Waals surface area (Å²) in [5.41, 5.74) is 0.118. The van der Waals surface area contributed by atoms with E-state index in [1.807, 2.05) is 51.1 Å². The summed E-state index contributed by atoms with van der Waals surface area (Å²) < 4.78 is 10.2. The number of hydrogen-bond donors (Lipinski definition) is 1. The molecule has 0 aromatic heterocycles. The highest BCUT2D eigenvalue weighted by Crippen LogP contribution is 2.27. The highest BCUT2D eigenvalue weighted by molar-refractivity contribution is 5.74. The van der Waals surface area contributed by atoms with Gasteiger partial charge in [0.05, 0.1) is 19.1 Å². The minimum Gasteiger partial charge on any atom is -0.469 e. The first-order valence-corrected chi connectivity index (χ1v) is 8.07. The molecule has 0 saturated carbocycles. The van der Waals surface area contributed by atoms with E-state index in [2.05, 4.69) is 5.32 Å². The SMILES string of the molecule is COC(=O)CC1(NCc2ccccc2)CN(C(=O)OC(C)(C)C)C1. The number of methoxy groups -OCH3 is 1. The standard InChI is InChI=1S/C18H26N2O4/c1-17(2,3)24-16(22)20-12-18(13-20,10-15(21)23-4)19-11-14-8-6-5-7-9-14/h5-9,19H,10-13H2,1-4H3. The van der Waals surface area contributed by atoms with Crippen molar-refractivity contribution in [2.24, 2.45) is 0 Å². The van der Waals surface area contributed by atoms with Crippen LogP contribution in [-0.2, 0) is 20.8 Å². The summed E-state index contributed by atoms with van der Waals surface area (Å²) in [6.07, 6.45) is -0.139. The van der Waals surface area contributed by atoms with Crippen LogP contribution in [0, 0.1) is 0 Å². The summed E-state index contributed by atoms with van der Waals surface area (Å²) in [6, 6.07) is 9.93. The zero-order chi connectivity index (χ0) is 17.8. The van der Waals surface area contributed by atoms with Gasteiger partial charge in [-0.2, -0.15) is 0 Å². The molecular weight excluding hydrogens is 308 g/mol. The third-order valence-electron chi connectivity index (χ3n) is 3.86. The smallest absolute Gasteiger partial charge is 0.410 e. The summed E-state index contributed by atoms with van der Waals surface area (Å²) in [6.45, 7) is 6.97. The van der Waals surface area contributed by atoms with Gasteiger partial charge in [-0.1, -0.05) is 30.3 Å². The molecule has 1 heterocycles. The van der Waals surface area contributed by atoms with Crippen molar-refractivity contribution < 1.29 is 19.1 Å². The van der Waals surface area contributed by atoms with E-state index in [1.54, 1.807) is 4.90 Å². The highest BCUT2D eigenvalue weighted by atomic mass is 16.6. The zero-order valence-corrected chi connectivity index (χ0v) is 14.8. The van der Waals surface area contributed by atoms with Gasteiger partial charge < -0.3 is 19.7 Å². The molecule has 0 bridgehead atoms. The number of carbonyl (C=O) groups excluding carboxylic acids is 2. The maximum Gasteiger partial charge on any atom is 0.410 e. The lowest BCUT2D eigenvalue weighted by Crippen LogP contribution is -2.71. The Labute approximate surface area is 143 Å². The Morgan fingerprint density at radius 2 is 1.83 bits per heavy atom. The minimum atomic E-state index is -0.533. The highest BCUT2D eigenvalue weighted by Gasteiger charge is 2.47. The fourth-order valence-electron chi connectivity index (χ4n) is 2.66. The number of likely N-dealkylation sites (tertiary alicyclic amines) is 1. The average Bonchev–Trinajstić information content (AvgIpc) is 2.48. The number of benzene rings is 1. The van der Waals surface area contributed by atoms with Crippen LogP contribution in [0.3, 0.4) is 0 Å². The topological polar surface area (TPSA) is 67.9 Å². The summed E-state index contributed by atoms with van der Waals surface area (Å²) in [4.78, 5) is 25.5. The van der Waals surface area contributed by atoms with Crippen molar-refractivity contribution in [1.29, 1.82) is 0 Å². The van der Waals surface area contributed by atoms with Gasteiger partial charge in [-0.25, -0.2) is 4.79 Å². The first kappa shape index (κ1) is 18.3. The fourth-order valence-corrected chi connectivity index (χ4v) is 2.66. The maximum atomic E-state index is 12.1. The van der Waals surface area contributed by atoms with E-state index in [0.717, 1.165) is 5.56 Å². The minimum absolute atomic E-state index is 0.218. The van der Waals surface area contributed by atoms with Crippen molar-refractivity contribution in [3.05, 3.63) is 35.9 Å². The molecule has 0 spiro atoms. The summed E-state index contributed by atoms with van der Waals surface area (Å²) >= 11 is 0. The Kier molecular flexibility index (Phi) is 5.49. The van der Waals surface area contributed by atoms with E-state index in [-0.39, 0.29) is 18.5 Å². The predicted octanol–water partition coefficient (Wildman–Crippen LogP) is 2.33. The Morgan fingerprint density at radius 1 is 1.21 bits per heavy atom. The van der Waals surface area contributed by atoms with E-state index in [9.17, 15) is 9.59 Å². The molecule has 1 amide bonds. The molecule has 0 aliphatic carbocycles. The van der Waals surface area contributed by atoms with Crippen molar-refractivity contribution in [3.8, 4) is 0 Å². The van der Waals surface area contributed by atoms with Gasteiger partial charge in [0.25, 0.3) is 0 Å². The number of amides is 1. The second kappa shape index (κ2) is 7.21. The second-order valence-electron chi connectivity index (χ2n) is 7.21. The molecule has 6 nitrogen and oxygen atoms in total. The Bertz CT molecular complexity index is 574. The van der Waals surface area contributed by atoms with Gasteiger partial charge in [0.15, 0.2) is 0 Å². The van der Waals surface area contributed by atoms with Crippen LogP contribution < -0.4 is 5.32 Å². The maximum absolute atomic E-state index is 12.1. The van der Waals surface area contributed by atoms with Crippen LogP contribution in [0.25, 0.3) is 0 Å². The largest absolute Gasteiger partial charge is 0.469 e. The molecule has 0 radical (unpaired) electrons. The normalized spacial score (nSPS) is 16.2. The number of nitrogens with one attached hydrogen (secondary N) is 1. The third-order valence-corrected chi connectivity index (χ3v) is 3.86. The van der Waals surface area contributed by atoms with Gasteiger partial charge in [-0.15, -0.1) is 0 Å². The Morgan fingerprint density at radius 3 is 2.38 bits per heavy atom. The number of ether oxygens (including phenoxy) is 2. The van der Waals surface area contributed by atoms with Crippen molar-refractivity contribution in [2.75, 3.05) is 20.2 Å². The Balaban J connectivity index is 1.97. The molecule has 1 aromatic carbocycles. The quantitative estimate of drug-likeness (QED) is 0.837. The Hall–Kier alpha value is -2.08. The van der Waals surface area contributed by atoms with Gasteiger partial charge >= 0.3 is 12.1 Å². The van der Waals surface area contributed by atoms with Crippen LogP contribution in [-0.4, -0.2) is 48.3 Å². The predicted molar refractivity (Wildman–Crippen MR) is 90.5 cm³/mol. The van der Waals surface area contributed by atoms with Gasteiger partial charge in [-0.3, -0.25) is 4.79 Å². The average molecular weight is 334 g/mol. The van der Waals surface area contributed by atoms with E-state index in [0.29, 0.717) is 19.6 Å². The summed E-state index contributed by atoms with van der Waals surface area (Å²) in [5, 5.41) is 3.41. The molecule has 1 aliphatic heterocycles. The van der Waals surface area contributed by atoms with Crippen LogP contribution in [0.2, 0.25) is 0 Å². The van der Waals surface area contributed by atoms with Crippen LogP contribution in [0.4, 0.5) is 4.79 Å². The van der Waals surface area contributed by atoms with Crippen LogP contribution in [0.15, 0.2) is 30.3 Å². The molecule has 1 fully saturated rings. The van der Waals surface area contributed by atoms with Crippen molar-refractivity contribution >= 4 is 12.1 Å². The zero-order valence-electron chi connectivity index (χ0n) is 14.8. The molecule has 2 rings (SSSR count). The van der Waals surface area contributed by atoms with Gasteiger partial charge in [0.1, 0.15) is 5.60 Å². The monoisotopic (exact) mass is 334 g/mol. The van der Waals surface area contributed by atoms with E-state index >= 15 is 0 Å². The number of rotatable bonds is 5. The molecule has 6 heteroatoms. The number of hydrogen-bond acceptors (Lipinski definition) is 5. The second-order valence-corrected chi connectivity index (χ2v) is 7.21. The molecule has 1 saturated heterocycles. The van der Waals surface area contributed by atoms with Crippen molar-refractivity contribution in [1.82, 2.24) is 10.2 Å². The number of carbonyl (C=O) groups is 2. The van der Waals surface area contributed by atoms with Crippen molar-refractivity contribution in [2.45, 2.75) is 44.9 Å². The molecule has 1 N–H and O–H groups in total. The fraction of sp³-hybridized carbons (Fsp3) is 0.556. The lowest BCUT2D eigenvalue weighted by Gasteiger charge is -2.50. The lowest BCUT2D eigenvalue weighted by molar-refractivity contribution is -0.144. The van der Waals surface area contributed by atoms with Crippen LogP contribution in [0.1, 0.15) is 32.8 Å². The van der Waals surface area contributed by atoms with E-state index in [1.165, 1.54) is 7.11 Å². The first-order valence-electron chi connectivity index (χ1n) is 8.07. The molecular formula is C18H26N2O4. The number of nitrogens with zero attached hydrogens (tertiary/aromatic N) is 1. The number of esters is 1. The van der Waals surface area contributed by atoms with Crippen molar-refractivity contribution in [3.63, 3.8) is 0 Å². The third kappa shape index (κ3) is 4.96. The van der Waals surface area contributed by atoms with Gasteiger partial charge in [-0.05, 0) is 26.3 Å². The van der Waals surface area contributed by atoms with Crippen LogP contribution in [0.5, 0.6) is 0 Å². The molecule has 132 valence electrons. The molecule has 1 aromatic rings. The van der Waals surface area contributed by atoms with Gasteiger partial charge in [0, 0.05) is 19.6 Å². The van der Waals surface area contributed by atoms with E-state index in [4.69, 9.17) is 9.47 Å².